The summed E-state index contributed by atoms with van der Waals surface area (Å²) in [6, 6.07) is 5.18. The number of halogens is 3. The third kappa shape index (κ3) is 6.13. The lowest BCUT2D eigenvalue weighted by Crippen LogP contribution is -2.46. The van der Waals surface area contributed by atoms with Gasteiger partial charge in [0, 0.05) is 19.0 Å². The number of hydrogen-bond acceptors (Lipinski definition) is 2. The molecule has 1 aromatic rings. The van der Waals surface area contributed by atoms with Crippen LogP contribution < -0.4 is 0 Å². The number of nitrogens with zero attached hydrogens (tertiary/aromatic N) is 1. The maximum atomic E-state index is 13.1. The summed E-state index contributed by atoms with van der Waals surface area (Å²) in [5.74, 6) is 6.12. The number of likely N-dealkylation sites (tertiary alicyclic amines) is 1. The number of carbonyl (C=O) groups is 1. The third-order valence-electron chi connectivity index (χ3n) is 6.48. The van der Waals surface area contributed by atoms with Gasteiger partial charge in [-0.25, -0.2) is 0 Å². The number of carboxylic acid groups (broad SMARTS) is 1. The van der Waals surface area contributed by atoms with Gasteiger partial charge in [0.15, 0.2) is 0 Å². The second-order valence-corrected chi connectivity index (χ2v) is 8.90. The maximum Gasteiger partial charge on any atom is 0.416 e. The van der Waals surface area contributed by atoms with E-state index < -0.39 is 17.7 Å². The Morgan fingerprint density at radius 2 is 1.87 bits per heavy atom. The molecule has 3 rings (SSSR count). The van der Waals surface area contributed by atoms with Crippen molar-refractivity contribution in [1.82, 2.24) is 4.90 Å². The van der Waals surface area contributed by atoms with Gasteiger partial charge in [0.05, 0.1) is 11.6 Å². The lowest BCUT2D eigenvalue weighted by atomic mass is 9.82. The van der Waals surface area contributed by atoms with E-state index in [1.807, 2.05) is 6.92 Å². The van der Waals surface area contributed by atoms with Crippen LogP contribution in [0.3, 0.4) is 0 Å². The zero-order valence-corrected chi connectivity index (χ0v) is 17.9. The van der Waals surface area contributed by atoms with E-state index in [4.69, 9.17) is 0 Å². The number of rotatable bonds is 5. The summed E-state index contributed by atoms with van der Waals surface area (Å²) in [7, 11) is 0. The average molecular weight is 434 g/mol. The minimum Gasteiger partial charge on any atom is -0.481 e. The van der Waals surface area contributed by atoms with Crippen molar-refractivity contribution >= 4 is 5.97 Å². The van der Waals surface area contributed by atoms with Crippen molar-refractivity contribution in [2.45, 2.75) is 70.1 Å². The van der Waals surface area contributed by atoms with Gasteiger partial charge in [-0.3, -0.25) is 9.69 Å². The molecule has 2 fully saturated rings. The Hall–Kier alpha value is -2.26. The number of piperidine rings is 1. The molecule has 1 aliphatic heterocycles. The summed E-state index contributed by atoms with van der Waals surface area (Å²) in [5, 5.41) is 9.27. The first kappa shape index (κ1) is 23.4. The molecule has 2 aliphatic rings. The molecule has 6 heteroatoms. The number of hydrogen-bond donors (Lipinski definition) is 1. The van der Waals surface area contributed by atoms with E-state index in [2.05, 4.69) is 23.3 Å². The predicted molar refractivity (Wildman–Crippen MR) is 114 cm³/mol. The van der Waals surface area contributed by atoms with Gasteiger partial charge < -0.3 is 5.11 Å². The molecule has 0 aromatic heterocycles. The van der Waals surface area contributed by atoms with Crippen LogP contribution >= 0.6 is 0 Å². The highest BCUT2D eigenvalue weighted by molar-refractivity contribution is 5.67. The number of allylic oxidation sites excluding steroid dienone is 1. The second kappa shape index (κ2) is 9.91. The van der Waals surface area contributed by atoms with Crippen molar-refractivity contribution < 1.29 is 23.1 Å². The number of alkyl halides is 3. The van der Waals surface area contributed by atoms with E-state index in [1.54, 1.807) is 12.1 Å². The van der Waals surface area contributed by atoms with Gasteiger partial charge in [-0.05, 0) is 67.7 Å². The Labute approximate surface area is 182 Å². The molecule has 3 atom stereocenters. The smallest absolute Gasteiger partial charge is 0.416 e. The highest BCUT2D eigenvalue weighted by Gasteiger charge is 2.38. The monoisotopic (exact) mass is 433 g/mol. The Kier molecular flexibility index (Phi) is 7.48. The Balaban J connectivity index is 1.94. The summed E-state index contributed by atoms with van der Waals surface area (Å²) in [4.78, 5) is 13.6. The molecule has 1 aliphatic carbocycles. The fourth-order valence-electron chi connectivity index (χ4n) is 4.99. The van der Waals surface area contributed by atoms with Crippen LogP contribution in [-0.2, 0) is 11.0 Å². The van der Waals surface area contributed by atoms with Gasteiger partial charge >= 0.3 is 12.1 Å². The molecule has 0 spiro atoms. The largest absolute Gasteiger partial charge is 0.481 e. The summed E-state index contributed by atoms with van der Waals surface area (Å²) in [6.07, 6.45) is 1.56. The molecule has 0 amide bonds. The fraction of sp³-hybridized carbons (Fsp3) is 0.560. The van der Waals surface area contributed by atoms with Crippen LogP contribution in [0.15, 0.2) is 36.4 Å². The SMILES string of the molecule is C=C(C)C#C[C@@H](C1CCCC1)N1CC[C@H](CC(=O)O)C[C@@H]1c1ccc(C(F)(F)F)cc1. The van der Waals surface area contributed by atoms with E-state index in [0.717, 1.165) is 55.4 Å². The average Bonchev–Trinajstić information content (AvgIpc) is 3.22. The van der Waals surface area contributed by atoms with Crippen LogP contribution in [-0.4, -0.2) is 28.6 Å². The molecule has 1 N–H and O–H groups in total. The van der Waals surface area contributed by atoms with Gasteiger partial charge in [0.1, 0.15) is 0 Å². The molecular weight excluding hydrogens is 403 g/mol. The standard InChI is InChI=1S/C25H30F3NO2/c1-17(2)7-12-22(19-5-3-4-6-19)29-14-13-18(16-24(30)31)15-23(29)20-8-10-21(11-9-20)25(26,27)28/h8-11,18-19,22-23H,1,3-6,13-16H2,2H3,(H,30,31)/t18-,22-,23+/m0/s1. The van der Waals surface area contributed by atoms with Crippen LogP contribution in [0.5, 0.6) is 0 Å². The summed E-state index contributed by atoms with van der Waals surface area (Å²) < 4.78 is 39.2. The highest BCUT2D eigenvalue weighted by Crippen LogP contribution is 2.41. The van der Waals surface area contributed by atoms with Crippen molar-refractivity contribution in [3.05, 3.63) is 47.5 Å². The second-order valence-electron chi connectivity index (χ2n) is 8.90. The van der Waals surface area contributed by atoms with Crippen molar-refractivity contribution in [2.75, 3.05) is 6.54 Å². The zero-order valence-electron chi connectivity index (χ0n) is 17.9. The molecule has 31 heavy (non-hydrogen) atoms. The molecular formula is C25H30F3NO2. The van der Waals surface area contributed by atoms with Crippen LogP contribution in [0.25, 0.3) is 0 Å². The molecule has 0 bridgehead atoms. The first-order chi connectivity index (χ1) is 14.6. The van der Waals surface area contributed by atoms with E-state index in [9.17, 15) is 23.1 Å². The minimum atomic E-state index is -4.38. The van der Waals surface area contributed by atoms with Crippen LogP contribution in [0, 0.1) is 23.7 Å². The van der Waals surface area contributed by atoms with Gasteiger partial charge in [-0.15, -0.1) is 0 Å². The molecule has 0 unspecified atom stereocenters. The molecule has 1 heterocycles. The number of aliphatic carboxylic acids is 1. The highest BCUT2D eigenvalue weighted by atomic mass is 19.4. The van der Waals surface area contributed by atoms with Crippen molar-refractivity contribution in [3.8, 4) is 11.8 Å². The van der Waals surface area contributed by atoms with E-state index in [1.165, 1.54) is 0 Å². The van der Waals surface area contributed by atoms with E-state index in [0.29, 0.717) is 18.9 Å². The van der Waals surface area contributed by atoms with Crippen molar-refractivity contribution in [2.24, 2.45) is 11.8 Å². The van der Waals surface area contributed by atoms with E-state index >= 15 is 0 Å². The Morgan fingerprint density at radius 3 is 2.42 bits per heavy atom. The first-order valence-electron chi connectivity index (χ1n) is 11.0. The maximum absolute atomic E-state index is 13.1. The topological polar surface area (TPSA) is 40.5 Å². The molecule has 1 aromatic carbocycles. The van der Waals surface area contributed by atoms with Gasteiger partial charge in [-0.2, -0.15) is 13.2 Å². The number of carboxylic acids is 1. The van der Waals surface area contributed by atoms with Crippen LogP contribution in [0.4, 0.5) is 13.2 Å². The summed E-state index contributed by atoms with van der Waals surface area (Å²) in [6.45, 7) is 6.45. The third-order valence-corrected chi connectivity index (χ3v) is 6.48. The first-order valence-corrected chi connectivity index (χ1v) is 11.0. The Morgan fingerprint density at radius 1 is 1.23 bits per heavy atom. The molecule has 0 radical (unpaired) electrons. The van der Waals surface area contributed by atoms with Crippen molar-refractivity contribution in [3.63, 3.8) is 0 Å². The zero-order chi connectivity index (χ0) is 22.6. The van der Waals surface area contributed by atoms with Crippen molar-refractivity contribution in [1.29, 1.82) is 0 Å². The van der Waals surface area contributed by atoms with E-state index in [-0.39, 0.29) is 24.4 Å². The fourth-order valence-corrected chi connectivity index (χ4v) is 4.99. The van der Waals surface area contributed by atoms with Crippen LogP contribution in [0.1, 0.15) is 69.0 Å². The predicted octanol–water partition coefficient (Wildman–Crippen LogP) is 6.07. The van der Waals surface area contributed by atoms with Gasteiger partial charge in [0.2, 0.25) is 0 Å². The molecule has 3 nitrogen and oxygen atoms in total. The quantitative estimate of drug-likeness (QED) is 0.573. The Bertz CT molecular complexity index is 844. The normalized spacial score (nSPS) is 23.7. The molecule has 168 valence electrons. The summed E-state index contributed by atoms with van der Waals surface area (Å²) in [5.41, 5.74) is 0.910. The minimum absolute atomic E-state index is 0.000583. The van der Waals surface area contributed by atoms with Gasteiger partial charge in [-0.1, -0.05) is 43.4 Å². The van der Waals surface area contributed by atoms with Gasteiger partial charge in [0.25, 0.3) is 0 Å². The number of benzene rings is 1. The molecule has 1 saturated carbocycles. The van der Waals surface area contributed by atoms with Crippen LogP contribution in [0.2, 0.25) is 0 Å². The molecule has 1 saturated heterocycles. The summed E-state index contributed by atoms with van der Waals surface area (Å²) >= 11 is 0. The lowest BCUT2D eigenvalue weighted by molar-refractivity contribution is -0.139. The lowest BCUT2D eigenvalue weighted by Gasteiger charge is -2.44.